The van der Waals surface area contributed by atoms with Crippen molar-refractivity contribution in [1.82, 2.24) is 0 Å². The number of nitrogens with zero attached hydrogens (tertiary/aromatic N) is 2. The number of carbonyl (C=O) groups is 1. The highest BCUT2D eigenvalue weighted by Crippen LogP contribution is 2.41. The zero-order valence-corrected chi connectivity index (χ0v) is 12.1. The van der Waals surface area contributed by atoms with Crippen LogP contribution in [0, 0.1) is 32.1 Å². The van der Waals surface area contributed by atoms with Crippen molar-refractivity contribution in [2.75, 3.05) is 0 Å². The molecule has 0 saturated heterocycles. The van der Waals surface area contributed by atoms with Gasteiger partial charge in [0.25, 0.3) is 11.4 Å². The van der Waals surface area contributed by atoms with E-state index >= 15 is 0 Å². The van der Waals surface area contributed by atoms with Crippen molar-refractivity contribution >= 4 is 17.3 Å². The number of allylic oxidation sites excluding steroid dienone is 1. The summed E-state index contributed by atoms with van der Waals surface area (Å²) in [6, 6.07) is 2.83. The second kappa shape index (κ2) is 5.79. The first kappa shape index (κ1) is 15.1. The molecule has 0 radical (unpaired) electrons. The van der Waals surface area contributed by atoms with Gasteiger partial charge in [0.15, 0.2) is 0 Å². The summed E-state index contributed by atoms with van der Waals surface area (Å²) >= 11 is 0. The van der Waals surface area contributed by atoms with Gasteiger partial charge in [0, 0.05) is 18.1 Å². The number of rotatable bonds is 4. The molecule has 3 atom stereocenters. The Kier molecular flexibility index (Phi) is 3.81. The highest BCUT2D eigenvalue weighted by Gasteiger charge is 2.39. The van der Waals surface area contributed by atoms with Gasteiger partial charge in [-0.1, -0.05) is 12.2 Å². The summed E-state index contributed by atoms with van der Waals surface area (Å²) in [5.74, 6) is -0.109. The van der Waals surface area contributed by atoms with Gasteiger partial charge in [-0.2, -0.15) is 0 Å². The maximum Gasteiger partial charge on any atom is 0.338 e. The first-order chi connectivity index (χ1) is 11.0. The van der Waals surface area contributed by atoms with Crippen LogP contribution in [-0.2, 0) is 4.74 Å². The number of non-ortho nitro benzene ring substituents is 2. The van der Waals surface area contributed by atoms with Crippen LogP contribution in [0.25, 0.3) is 0 Å². The van der Waals surface area contributed by atoms with E-state index in [2.05, 4.69) is 6.08 Å². The van der Waals surface area contributed by atoms with E-state index in [9.17, 15) is 25.0 Å². The standard InChI is InChI=1S/C15H14N2O6/c18-15(23-14-5-4-9-2-1-3-13(9)14)10-6-11(16(19)20)8-12(7-10)17(21)22/h1,3,6-9,13-14H,2,4-5H2/t9-,13-,14+/m1/s1. The molecule has 8 heteroatoms. The first-order valence-electron chi connectivity index (χ1n) is 7.27. The Morgan fingerprint density at radius 1 is 1.09 bits per heavy atom. The molecule has 2 aliphatic carbocycles. The number of esters is 1. The Labute approximate surface area is 131 Å². The van der Waals surface area contributed by atoms with E-state index < -0.39 is 27.2 Å². The maximum atomic E-state index is 12.2. The van der Waals surface area contributed by atoms with Crippen molar-refractivity contribution in [1.29, 1.82) is 0 Å². The fourth-order valence-electron chi connectivity index (χ4n) is 3.30. The largest absolute Gasteiger partial charge is 0.458 e. The number of carbonyl (C=O) groups excluding carboxylic acids is 1. The normalized spacial score (nSPS) is 25.1. The highest BCUT2D eigenvalue weighted by atomic mass is 16.6. The van der Waals surface area contributed by atoms with E-state index in [-0.39, 0.29) is 17.6 Å². The van der Waals surface area contributed by atoms with Gasteiger partial charge in [-0.05, 0) is 25.2 Å². The second-order valence-electron chi connectivity index (χ2n) is 5.77. The highest BCUT2D eigenvalue weighted by molar-refractivity contribution is 5.91. The summed E-state index contributed by atoms with van der Waals surface area (Å²) in [5, 5.41) is 21.7. The van der Waals surface area contributed by atoms with Gasteiger partial charge < -0.3 is 4.74 Å². The number of benzene rings is 1. The van der Waals surface area contributed by atoms with Gasteiger partial charge in [-0.3, -0.25) is 20.2 Å². The van der Waals surface area contributed by atoms with Crippen molar-refractivity contribution in [3.63, 3.8) is 0 Å². The summed E-state index contributed by atoms with van der Waals surface area (Å²) < 4.78 is 5.45. The molecule has 1 saturated carbocycles. The molecule has 1 aromatic rings. The minimum absolute atomic E-state index is 0.170. The molecule has 0 spiro atoms. The number of fused-ring (bicyclic) bond motifs is 1. The van der Waals surface area contributed by atoms with Gasteiger partial charge in [0.05, 0.1) is 21.5 Å². The third kappa shape index (κ3) is 2.92. The van der Waals surface area contributed by atoms with Gasteiger partial charge in [-0.25, -0.2) is 4.79 Å². The third-order valence-electron chi connectivity index (χ3n) is 4.41. The van der Waals surface area contributed by atoms with Crippen LogP contribution < -0.4 is 0 Å². The second-order valence-corrected chi connectivity index (χ2v) is 5.77. The average Bonchev–Trinajstić information content (AvgIpc) is 3.11. The zero-order chi connectivity index (χ0) is 16.6. The SMILES string of the molecule is O=C(O[C@H]1CC[C@H]2CC=C[C@H]21)c1cc([N+](=O)[O-])cc([N+](=O)[O-])c1. The van der Waals surface area contributed by atoms with Crippen LogP contribution in [-0.4, -0.2) is 21.9 Å². The van der Waals surface area contributed by atoms with Gasteiger partial charge in [0.2, 0.25) is 0 Å². The molecule has 0 N–H and O–H groups in total. The minimum atomic E-state index is -0.769. The fraction of sp³-hybridized carbons (Fsp3) is 0.400. The van der Waals surface area contributed by atoms with Crippen LogP contribution >= 0.6 is 0 Å². The summed E-state index contributed by atoms with van der Waals surface area (Å²) in [5.41, 5.74) is -1.18. The topological polar surface area (TPSA) is 113 Å². The Morgan fingerprint density at radius 2 is 1.74 bits per heavy atom. The zero-order valence-electron chi connectivity index (χ0n) is 12.1. The third-order valence-corrected chi connectivity index (χ3v) is 4.41. The number of hydrogen-bond donors (Lipinski definition) is 0. The van der Waals surface area contributed by atoms with Crippen LogP contribution in [0.15, 0.2) is 30.4 Å². The molecule has 0 aromatic heterocycles. The Hall–Kier alpha value is -2.77. The Morgan fingerprint density at radius 3 is 2.35 bits per heavy atom. The maximum absolute atomic E-state index is 12.2. The molecule has 1 fully saturated rings. The van der Waals surface area contributed by atoms with Crippen molar-refractivity contribution in [2.45, 2.75) is 25.4 Å². The smallest absolute Gasteiger partial charge is 0.338 e. The number of nitro groups is 2. The van der Waals surface area contributed by atoms with E-state index in [1.54, 1.807) is 0 Å². The minimum Gasteiger partial charge on any atom is -0.458 e. The van der Waals surface area contributed by atoms with E-state index in [0.29, 0.717) is 5.92 Å². The summed E-state index contributed by atoms with van der Waals surface area (Å²) in [6.07, 6.45) is 6.50. The summed E-state index contributed by atoms with van der Waals surface area (Å²) in [7, 11) is 0. The molecule has 1 aromatic carbocycles. The van der Waals surface area contributed by atoms with E-state index in [0.717, 1.165) is 37.5 Å². The average molecular weight is 318 g/mol. The number of hydrogen-bond acceptors (Lipinski definition) is 6. The van der Waals surface area contributed by atoms with Crippen LogP contribution in [0.4, 0.5) is 11.4 Å². The lowest BCUT2D eigenvalue weighted by molar-refractivity contribution is -0.394. The lowest BCUT2D eigenvalue weighted by Gasteiger charge is -2.18. The monoisotopic (exact) mass is 318 g/mol. The van der Waals surface area contributed by atoms with Crippen molar-refractivity contribution in [2.24, 2.45) is 11.8 Å². The van der Waals surface area contributed by atoms with Crippen LogP contribution in [0.3, 0.4) is 0 Å². The molecule has 0 heterocycles. The molecule has 2 aliphatic rings. The van der Waals surface area contributed by atoms with Crippen molar-refractivity contribution in [3.05, 3.63) is 56.1 Å². The molecule has 23 heavy (non-hydrogen) atoms. The lowest BCUT2D eigenvalue weighted by atomic mass is 9.99. The predicted octanol–water partition coefficient (Wildman–Crippen LogP) is 3.01. The molecule has 3 rings (SSSR count). The molecular weight excluding hydrogens is 304 g/mol. The number of ether oxygens (including phenoxy) is 1. The van der Waals surface area contributed by atoms with E-state index in [4.69, 9.17) is 4.74 Å². The quantitative estimate of drug-likeness (QED) is 0.365. The summed E-state index contributed by atoms with van der Waals surface area (Å²) in [4.78, 5) is 32.4. The van der Waals surface area contributed by atoms with Gasteiger partial charge >= 0.3 is 5.97 Å². The predicted molar refractivity (Wildman–Crippen MR) is 78.9 cm³/mol. The first-order valence-corrected chi connectivity index (χ1v) is 7.27. The van der Waals surface area contributed by atoms with Crippen LogP contribution in [0.2, 0.25) is 0 Å². The van der Waals surface area contributed by atoms with E-state index in [1.807, 2.05) is 6.08 Å². The Balaban J connectivity index is 1.82. The van der Waals surface area contributed by atoms with Crippen LogP contribution in [0.5, 0.6) is 0 Å². The molecule has 0 aliphatic heterocycles. The molecule has 0 bridgehead atoms. The van der Waals surface area contributed by atoms with Gasteiger partial charge in [0.1, 0.15) is 6.10 Å². The molecule has 0 amide bonds. The van der Waals surface area contributed by atoms with E-state index in [1.165, 1.54) is 0 Å². The number of nitro benzene ring substituents is 2. The molecule has 120 valence electrons. The molecular formula is C15H14N2O6. The lowest BCUT2D eigenvalue weighted by Crippen LogP contribution is -2.22. The Bertz CT molecular complexity index is 682. The van der Waals surface area contributed by atoms with Crippen molar-refractivity contribution in [3.8, 4) is 0 Å². The van der Waals surface area contributed by atoms with Crippen LogP contribution in [0.1, 0.15) is 29.6 Å². The van der Waals surface area contributed by atoms with Gasteiger partial charge in [-0.15, -0.1) is 0 Å². The molecule has 8 nitrogen and oxygen atoms in total. The fourth-order valence-corrected chi connectivity index (χ4v) is 3.30. The van der Waals surface area contributed by atoms with Crippen molar-refractivity contribution < 1.29 is 19.4 Å². The molecule has 0 unspecified atom stereocenters. The summed E-state index contributed by atoms with van der Waals surface area (Å²) in [6.45, 7) is 0.